The van der Waals surface area contributed by atoms with Gasteiger partial charge in [0, 0.05) is 12.0 Å². The Morgan fingerprint density at radius 1 is 1.50 bits per heavy atom. The van der Waals surface area contributed by atoms with E-state index in [1.54, 1.807) is 6.07 Å². The molecule has 1 N–H and O–H groups in total. The Labute approximate surface area is 105 Å². The molecule has 2 fully saturated rings. The predicted molar refractivity (Wildman–Crippen MR) is 62.8 cm³/mol. The third-order valence-corrected chi connectivity index (χ3v) is 3.76. The predicted octanol–water partition coefficient (Wildman–Crippen LogP) is 2.12. The van der Waals surface area contributed by atoms with Crippen molar-refractivity contribution < 1.29 is 9.32 Å². The average Bonchev–Trinajstić information content (AvgIpc) is 2.94. The summed E-state index contributed by atoms with van der Waals surface area (Å²) in [4.78, 5) is 12.0. The van der Waals surface area contributed by atoms with Gasteiger partial charge in [0.1, 0.15) is 11.3 Å². The number of nitrogens with one attached hydrogen (secondary N) is 1. The van der Waals surface area contributed by atoms with E-state index in [9.17, 15) is 10.1 Å². The van der Waals surface area contributed by atoms with E-state index in [-0.39, 0.29) is 5.91 Å². The molecule has 2 aliphatic carbocycles. The highest BCUT2D eigenvalue weighted by atomic mass is 16.5. The maximum Gasteiger partial charge on any atom is 0.274 e. The number of carbonyl (C=O) groups excluding carboxylic acids is 1. The summed E-state index contributed by atoms with van der Waals surface area (Å²) >= 11 is 0. The van der Waals surface area contributed by atoms with Gasteiger partial charge in [-0.05, 0) is 38.5 Å². The molecule has 0 radical (unpaired) electrons. The van der Waals surface area contributed by atoms with Crippen LogP contribution >= 0.6 is 0 Å². The molecule has 3 rings (SSSR count). The quantitative estimate of drug-likeness (QED) is 0.884. The molecule has 5 heteroatoms. The summed E-state index contributed by atoms with van der Waals surface area (Å²) in [5, 5.41) is 15.8. The number of amides is 1. The Hall–Kier alpha value is -1.83. The van der Waals surface area contributed by atoms with Crippen molar-refractivity contribution in [1.82, 2.24) is 10.5 Å². The van der Waals surface area contributed by atoms with Crippen LogP contribution in [0.3, 0.4) is 0 Å². The highest BCUT2D eigenvalue weighted by Crippen LogP contribution is 2.40. The van der Waals surface area contributed by atoms with Gasteiger partial charge in [0.25, 0.3) is 5.91 Å². The monoisotopic (exact) mass is 245 g/mol. The molecule has 2 saturated carbocycles. The zero-order valence-electron chi connectivity index (χ0n) is 10.1. The molecule has 2 aliphatic rings. The van der Waals surface area contributed by atoms with Crippen LogP contribution in [-0.4, -0.2) is 16.6 Å². The first-order chi connectivity index (χ1) is 8.72. The lowest BCUT2D eigenvalue weighted by molar-refractivity contribution is 0.0911. The third-order valence-electron chi connectivity index (χ3n) is 3.76. The van der Waals surface area contributed by atoms with E-state index in [4.69, 9.17) is 4.52 Å². The Kier molecular flexibility index (Phi) is 2.58. The topological polar surface area (TPSA) is 78.9 Å². The molecule has 18 heavy (non-hydrogen) atoms. The fourth-order valence-corrected chi connectivity index (χ4v) is 2.48. The summed E-state index contributed by atoms with van der Waals surface area (Å²) in [6, 6.07) is 3.93. The van der Waals surface area contributed by atoms with Crippen molar-refractivity contribution in [3.05, 3.63) is 17.5 Å². The minimum absolute atomic E-state index is 0.290. The molecular formula is C13H15N3O2. The molecule has 1 amide bonds. The largest absolute Gasteiger partial charge is 0.360 e. The van der Waals surface area contributed by atoms with Crippen LogP contribution in [0.25, 0.3) is 0 Å². The molecule has 1 aromatic rings. The van der Waals surface area contributed by atoms with E-state index in [2.05, 4.69) is 16.5 Å². The molecule has 0 atom stereocenters. The molecule has 0 bridgehead atoms. The fraction of sp³-hybridized carbons (Fsp3) is 0.615. The standard InChI is InChI=1S/C13H15N3O2/c14-8-13(5-1-2-6-13)15-12(17)10-7-11(18-16-10)9-3-4-9/h7,9H,1-6H2,(H,15,17). The van der Waals surface area contributed by atoms with Crippen molar-refractivity contribution in [3.8, 4) is 6.07 Å². The van der Waals surface area contributed by atoms with Gasteiger partial charge in [0.05, 0.1) is 6.07 Å². The van der Waals surface area contributed by atoms with Crippen LogP contribution in [0.15, 0.2) is 10.6 Å². The lowest BCUT2D eigenvalue weighted by Crippen LogP contribution is -2.45. The molecule has 0 aliphatic heterocycles. The maximum atomic E-state index is 12.0. The van der Waals surface area contributed by atoms with Crippen molar-refractivity contribution >= 4 is 5.91 Å². The third kappa shape index (κ3) is 1.99. The van der Waals surface area contributed by atoms with Gasteiger partial charge in [-0.2, -0.15) is 5.26 Å². The normalized spacial score (nSPS) is 21.5. The second-order valence-corrected chi connectivity index (χ2v) is 5.24. The smallest absolute Gasteiger partial charge is 0.274 e. The molecule has 94 valence electrons. The second kappa shape index (κ2) is 4.13. The highest BCUT2D eigenvalue weighted by Gasteiger charge is 2.36. The van der Waals surface area contributed by atoms with E-state index >= 15 is 0 Å². The Balaban J connectivity index is 1.71. The molecule has 0 unspecified atom stereocenters. The van der Waals surface area contributed by atoms with Gasteiger partial charge >= 0.3 is 0 Å². The van der Waals surface area contributed by atoms with Crippen LogP contribution in [-0.2, 0) is 0 Å². The summed E-state index contributed by atoms with van der Waals surface area (Å²) in [5.74, 6) is 0.933. The van der Waals surface area contributed by atoms with Crippen molar-refractivity contribution in [2.24, 2.45) is 0 Å². The number of aromatic nitrogens is 1. The minimum atomic E-state index is -0.699. The van der Waals surface area contributed by atoms with E-state index in [1.165, 1.54) is 0 Å². The van der Waals surface area contributed by atoms with E-state index in [1.807, 2.05) is 0 Å². The first-order valence-electron chi connectivity index (χ1n) is 6.43. The van der Waals surface area contributed by atoms with E-state index in [0.717, 1.165) is 44.3 Å². The number of hydrogen-bond acceptors (Lipinski definition) is 4. The number of hydrogen-bond donors (Lipinski definition) is 1. The zero-order chi connectivity index (χ0) is 12.6. The van der Waals surface area contributed by atoms with Crippen molar-refractivity contribution in [1.29, 1.82) is 5.26 Å². The fourth-order valence-electron chi connectivity index (χ4n) is 2.48. The minimum Gasteiger partial charge on any atom is -0.360 e. The SMILES string of the molecule is N#CC1(NC(=O)c2cc(C3CC3)on2)CCCC1. The van der Waals surface area contributed by atoms with Crippen LogP contribution in [0.1, 0.15) is 60.7 Å². The van der Waals surface area contributed by atoms with Crippen LogP contribution in [0, 0.1) is 11.3 Å². The first-order valence-corrected chi connectivity index (χ1v) is 6.43. The van der Waals surface area contributed by atoms with Gasteiger partial charge in [-0.15, -0.1) is 0 Å². The van der Waals surface area contributed by atoms with E-state index in [0.29, 0.717) is 11.6 Å². The molecular weight excluding hydrogens is 230 g/mol. The maximum absolute atomic E-state index is 12.0. The van der Waals surface area contributed by atoms with Crippen molar-refractivity contribution in [3.63, 3.8) is 0 Å². The Morgan fingerprint density at radius 2 is 2.22 bits per heavy atom. The lowest BCUT2D eigenvalue weighted by atomic mass is 10.00. The Bertz CT molecular complexity index is 505. The molecule has 0 spiro atoms. The van der Waals surface area contributed by atoms with Gasteiger partial charge < -0.3 is 9.84 Å². The van der Waals surface area contributed by atoms with Gasteiger partial charge in [-0.3, -0.25) is 4.79 Å². The van der Waals surface area contributed by atoms with E-state index < -0.39 is 5.54 Å². The van der Waals surface area contributed by atoms with Crippen LogP contribution < -0.4 is 5.32 Å². The summed E-state index contributed by atoms with van der Waals surface area (Å²) < 4.78 is 5.15. The van der Waals surface area contributed by atoms with Crippen molar-refractivity contribution in [2.45, 2.75) is 50.0 Å². The van der Waals surface area contributed by atoms with Gasteiger partial charge in [-0.25, -0.2) is 0 Å². The number of carbonyl (C=O) groups is 1. The first kappa shape index (κ1) is 11.3. The van der Waals surface area contributed by atoms with Crippen LogP contribution in [0.2, 0.25) is 0 Å². The van der Waals surface area contributed by atoms with Gasteiger partial charge in [0.2, 0.25) is 0 Å². The summed E-state index contributed by atoms with van der Waals surface area (Å²) in [7, 11) is 0. The van der Waals surface area contributed by atoms with Gasteiger partial charge in [-0.1, -0.05) is 5.16 Å². The van der Waals surface area contributed by atoms with Crippen LogP contribution in [0.5, 0.6) is 0 Å². The van der Waals surface area contributed by atoms with Crippen LogP contribution in [0.4, 0.5) is 0 Å². The molecule has 1 aromatic heterocycles. The lowest BCUT2D eigenvalue weighted by Gasteiger charge is -2.20. The van der Waals surface area contributed by atoms with Gasteiger partial charge in [0.15, 0.2) is 5.69 Å². The second-order valence-electron chi connectivity index (χ2n) is 5.24. The summed E-state index contributed by atoms with van der Waals surface area (Å²) in [6.07, 6.45) is 5.64. The number of nitrogens with zero attached hydrogens (tertiary/aromatic N) is 2. The Morgan fingerprint density at radius 3 is 2.83 bits per heavy atom. The average molecular weight is 245 g/mol. The number of rotatable bonds is 3. The summed E-state index contributed by atoms with van der Waals surface area (Å²) in [5.41, 5.74) is -0.408. The summed E-state index contributed by atoms with van der Waals surface area (Å²) in [6.45, 7) is 0. The molecule has 0 saturated heterocycles. The highest BCUT2D eigenvalue weighted by molar-refractivity contribution is 5.93. The zero-order valence-corrected chi connectivity index (χ0v) is 10.1. The molecule has 1 heterocycles. The molecule has 5 nitrogen and oxygen atoms in total. The molecule has 0 aromatic carbocycles. The van der Waals surface area contributed by atoms with Crippen molar-refractivity contribution in [2.75, 3.05) is 0 Å². The number of nitriles is 1.